The average molecular weight is 364 g/mol. The van der Waals surface area contributed by atoms with Gasteiger partial charge in [-0.15, -0.1) is 11.3 Å². The van der Waals surface area contributed by atoms with Gasteiger partial charge in [-0.1, -0.05) is 12.1 Å². The first-order valence-corrected chi connectivity index (χ1v) is 7.54. The molecule has 1 N–H and O–H groups in total. The van der Waals surface area contributed by atoms with Gasteiger partial charge in [0.25, 0.3) is 0 Å². The van der Waals surface area contributed by atoms with Gasteiger partial charge in [0.15, 0.2) is 0 Å². The Hall–Kier alpha value is -0.850. The van der Waals surface area contributed by atoms with E-state index >= 15 is 0 Å². The fourth-order valence-electron chi connectivity index (χ4n) is 2.11. The molecule has 0 saturated heterocycles. The van der Waals surface area contributed by atoms with E-state index in [9.17, 15) is 13.2 Å². The number of hydrogen-bond donors (Lipinski definition) is 1. The average Bonchev–Trinajstić information content (AvgIpc) is 2.69. The first kappa shape index (κ1) is 15.5. The van der Waals surface area contributed by atoms with Gasteiger partial charge in [0.2, 0.25) is 0 Å². The Morgan fingerprint density at radius 3 is 2.20 bits per heavy atom. The van der Waals surface area contributed by atoms with Gasteiger partial charge in [0.1, 0.15) is 0 Å². The summed E-state index contributed by atoms with van der Waals surface area (Å²) in [6.45, 7) is 2.00. The van der Waals surface area contributed by atoms with Crippen LogP contribution in [0.1, 0.15) is 27.6 Å². The Morgan fingerprint density at radius 2 is 1.80 bits per heavy atom. The lowest BCUT2D eigenvalue weighted by Crippen LogP contribution is -2.18. The third kappa shape index (κ3) is 3.24. The van der Waals surface area contributed by atoms with E-state index in [-0.39, 0.29) is 6.04 Å². The highest BCUT2D eigenvalue weighted by molar-refractivity contribution is 9.11. The van der Waals surface area contributed by atoms with Crippen molar-refractivity contribution in [3.8, 4) is 0 Å². The molecular weight excluding hydrogens is 351 g/mol. The topological polar surface area (TPSA) is 12.0 Å². The van der Waals surface area contributed by atoms with Crippen LogP contribution in [0.15, 0.2) is 34.1 Å². The minimum atomic E-state index is -4.30. The van der Waals surface area contributed by atoms with E-state index in [4.69, 9.17) is 0 Å². The van der Waals surface area contributed by atoms with Crippen LogP contribution in [-0.4, -0.2) is 7.05 Å². The maximum Gasteiger partial charge on any atom is 0.416 e. The van der Waals surface area contributed by atoms with E-state index in [0.29, 0.717) is 0 Å². The van der Waals surface area contributed by atoms with Crippen LogP contribution in [0.5, 0.6) is 0 Å². The van der Waals surface area contributed by atoms with E-state index < -0.39 is 11.7 Å². The first-order chi connectivity index (χ1) is 9.32. The van der Waals surface area contributed by atoms with Gasteiger partial charge >= 0.3 is 6.18 Å². The maximum absolute atomic E-state index is 12.6. The summed E-state index contributed by atoms with van der Waals surface area (Å²) >= 11 is 5.04. The molecule has 0 radical (unpaired) electrons. The molecule has 0 aliphatic heterocycles. The summed E-state index contributed by atoms with van der Waals surface area (Å²) in [6.07, 6.45) is -4.30. The fourth-order valence-corrected chi connectivity index (χ4v) is 3.86. The van der Waals surface area contributed by atoms with Crippen LogP contribution in [0.3, 0.4) is 0 Å². The Labute approximate surface area is 128 Å². The molecule has 1 heterocycles. The lowest BCUT2D eigenvalue weighted by atomic mass is 9.98. The molecule has 108 valence electrons. The molecule has 1 aromatic heterocycles. The largest absolute Gasteiger partial charge is 0.416 e. The van der Waals surface area contributed by atoms with Gasteiger partial charge in [0.05, 0.1) is 15.4 Å². The molecule has 20 heavy (non-hydrogen) atoms. The smallest absolute Gasteiger partial charge is 0.309 e. The fraction of sp³-hybridized carbons (Fsp3) is 0.286. The first-order valence-electron chi connectivity index (χ1n) is 5.93. The van der Waals surface area contributed by atoms with Crippen molar-refractivity contribution in [2.45, 2.75) is 19.1 Å². The van der Waals surface area contributed by atoms with Crippen LogP contribution in [0.2, 0.25) is 0 Å². The van der Waals surface area contributed by atoms with Gasteiger partial charge in [0, 0.05) is 4.88 Å². The van der Waals surface area contributed by atoms with E-state index in [0.717, 1.165) is 31.9 Å². The number of benzene rings is 1. The van der Waals surface area contributed by atoms with Crippen molar-refractivity contribution in [2.24, 2.45) is 0 Å². The van der Waals surface area contributed by atoms with Crippen molar-refractivity contribution in [1.82, 2.24) is 5.32 Å². The van der Waals surface area contributed by atoms with E-state index in [1.165, 1.54) is 12.1 Å². The molecule has 0 amide bonds. The number of aryl methyl sites for hydroxylation is 1. The second kappa shape index (κ2) is 5.87. The highest BCUT2D eigenvalue weighted by Crippen LogP contribution is 2.35. The minimum Gasteiger partial charge on any atom is -0.309 e. The molecule has 1 nitrogen and oxygen atoms in total. The lowest BCUT2D eigenvalue weighted by Gasteiger charge is -2.17. The molecule has 2 aromatic rings. The third-order valence-corrected chi connectivity index (χ3v) is 4.67. The predicted octanol–water partition coefficient (Wildman–Crippen LogP) is 5.15. The summed E-state index contributed by atoms with van der Waals surface area (Å²) in [7, 11) is 1.80. The normalized spacial score (nSPS) is 13.5. The molecule has 0 aliphatic carbocycles. The zero-order chi connectivity index (χ0) is 14.9. The van der Waals surface area contributed by atoms with E-state index in [2.05, 4.69) is 21.2 Å². The molecule has 0 bridgehead atoms. The second-order valence-electron chi connectivity index (χ2n) is 4.40. The van der Waals surface area contributed by atoms with Gasteiger partial charge in [-0.3, -0.25) is 0 Å². The molecule has 0 aliphatic rings. The number of thiophene rings is 1. The number of hydrogen-bond acceptors (Lipinski definition) is 2. The Bertz CT molecular complexity index is 589. The van der Waals surface area contributed by atoms with Crippen LogP contribution in [-0.2, 0) is 6.18 Å². The second-order valence-corrected chi connectivity index (χ2v) is 7.04. The number of alkyl halides is 3. The lowest BCUT2D eigenvalue weighted by molar-refractivity contribution is -0.137. The predicted molar refractivity (Wildman–Crippen MR) is 79.1 cm³/mol. The molecule has 1 aromatic carbocycles. The Morgan fingerprint density at radius 1 is 1.20 bits per heavy atom. The van der Waals surface area contributed by atoms with E-state index in [1.807, 2.05) is 13.0 Å². The summed E-state index contributed by atoms with van der Waals surface area (Å²) in [6, 6.07) is 7.18. The maximum atomic E-state index is 12.6. The van der Waals surface area contributed by atoms with Crippen molar-refractivity contribution < 1.29 is 13.2 Å². The summed E-state index contributed by atoms with van der Waals surface area (Å²) < 4.78 is 38.7. The molecule has 0 saturated carbocycles. The number of nitrogens with one attached hydrogen (secondary N) is 1. The van der Waals surface area contributed by atoms with Gasteiger partial charge < -0.3 is 5.32 Å². The zero-order valence-electron chi connectivity index (χ0n) is 10.9. The Balaban J connectivity index is 2.35. The zero-order valence-corrected chi connectivity index (χ0v) is 13.3. The molecule has 6 heteroatoms. The van der Waals surface area contributed by atoms with Crippen LogP contribution in [0.25, 0.3) is 0 Å². The highest BCUT2D eigenvalue weighted by Gasteiger charge is 2.30. The van der Waals surface area contributed by atoms with Crippen molar-refractivity contribution in [1.29, 1.82) is 0 Å². The van der Waals surface area contributed by atoms with Crippen molar-refractivity contribution in [2.75, 3.05) is 7.05 Å². The monoisotopic (exact) mass is 363 g/mol. The van der Waals surface area contributed by atoms with Gasteiger partial charge in [-0.25, -0.2) is 0 Å². The molecule has 0 fully saturated rings. The van der Waals surface area contributed by atoms with Crippen LogP contribution >= 0.6 is 27.3 Å². The number of rotatable bonds is 3. The highest BCUT2D eigenvalue weighted by atomic mass is 79.9. The van der Waals surface area contributed by atoms with Crippen molar-refractivity contribution in [3.05, 3.63) is 55.7 Å². The van der Waals surface area contributed by atoms with Crippen molar-refractivity contribution >= 4 is 27.3 Å². The van der Waals surface area contributed by atoms with Crippen LogP contribution in [0, 0.1) is 6.92 Å². The SMILES string of the molecule is CNC(c1ccc(C(F)(F)F)cc1)c1cc(Br)sc1C. The van der Waals surface area contributed by atoms with E-state index in [1.54, 1.807) is 18.4 Å². The molecular formula is C14H13BrF3NS. The van der Waals surface area contributed by atoms with Crippen LogP contribution < -0.4 is 5.32 Å². The van der Waals surface area contributed by atoms with Crippen LogP contribution in [0.4, 0.5) is 13.2 Å². The Kier molecular flexibility index (Phi) is 4.56. The van der Waals surface area contributed by atoms with Crippen molar-refractivity contribution in [3.63, 3.8) is 0 Å². The quantitative estimate of drug-likeness (QED) is 0.795. The molecule has 2 rings (SSSR count). The summed E-state index contributed by atoms with van der Waals surface area (Å²) in [5.74, 6) is 0. The number of halogens is 4. The summed E-state index contributed by atoms with van der Waals surface area (Å²) in [5.41, 5.74) is 1.26. The standard InChI is InChI=1S/C14H13BrF3NS/c1-8-11(7-12(15)20-8)13(19-2)9-3-5-10(6-4-9)14(16,17)18/h3-7,13,19H,1-2H3. The molecule has 0 spiro atoms. The minimum absolute atomic E-state index is 0.111. The molecule has 1 unspecified atom stereocenters. The third-order valence-electron chi connectivity index (χ3n) is 3.10. The summed E-state index contributed by atoms with van der Waals surface area (Å²) in [4.78, 5) is 1.14. The molecule has 1 atom stereocenters. The summed E-state index contributed by atoms with van der Waals surface area (Å²) in [5, 5.41) is 3.15. The van der Waals surface area contributed by atoms with Gasteiger partial charge in [-0.2, -0.15) is 13.2 Å². The van der Waals surface area contributed by atoms with Gasteiger partial charge in [-0.05, 0) is 59.2 Å².